The number of thiazole rings is 1. The van der Waals surface area contributed by atoms with Crippen molar-refractivity contribution in [3.8, 4) is 0 Å². The molecule has 0 bridgehead atoms. The van der Waals surface area contributed by atoms with Crippen molar-refractivity contribution < 1.29 is 9.59 Å². The summed E-state index contributed by atoms with van der Waals surface area (Å²) in [5.74, 6) is 0.111. The molecule has 0 spiro atoms. The van der Waals surface area contributed by atoms with Crippen molar-refractivity contribution in [1.82, 2.24) is 14.8 Å². The lowest BCUT2D eigenvalue weighted by molar-refractivity contribution is -0.138. The lowest BCUT2D eigenvalue weighted by atomic mass is 9.95. The first kappa shape index (κ1) is 20.3. The van der Waals surface area contributed by atoms with Crippen LogP contribution in [-0.4, -0.2) is 46.7 Å². The number of nitrogens with zero attached hydrogens (tertiary/aromatic N) is 3. The number of fused-ring (bicyclic) bond motifs is 1. The molecule has 0 unspecified atom stereocenters. The minimum Gasteiger partial charge on any atom is -0.339 e. The van der Waals surface area contributed by atoms with Gasteiger partial charge >= 0.3 is 0 Å². The van der Waals surface area contributed by atoms with Gasteiger partial charge in [-0.25, -0.2) is 4.98 Å². The molecular formula is C24H25N3O2S. The standard InChI is InChI=1S/C24H25N3O2S/c1-26(17-22-25-20-9-5-6-10-21(20)30-22)24(29)19-13-15-27(16-14-19)23(28)12-11-18-7-3-2-4-8-18/h2-12,19H,13-17H2,1H3. The van der Waals surface area contributed by atoms with Crippen LogP contribution < -0.4 is 0 Å². The van der Waals surface area contributed by atoms with Gasteiger partial charge in [0, 0.05) is 32.1 Å². The SMILES string of the molecule is CN(Cc1nc2ccccc2s1)C(=O)C1CCN(C(=O)C=Cc2ccccc2)CC1. The van der Waals surface area contributed by atoms with Crippen molar-refractivity contribution in [1.29, 1.82) is 0 Å². The second kappa shape index (κ2) is 9.22. The van der Waals surface area contributed by atoms with Gasteiger partial charge in [0.1, 0.15) is 5.01 Å². The number of piperidine rings is 1. The fourth-order valence-corrected chi connectivity index (χ4v) is 4.78. The number of carbonyl (C=O) groups is 2. The van der Waals surface area contributed by atoms with Gasteiger partial charge in [0.25, 0.3) is 0 Å². The van der Waals surface area contributed by atoms with Crippen LogP contribution in [0.3, 0.4) is 0 Å². The average Bonchev–Trinajstić information content (AvgIpc) is 3.20. The Kier molecular flexibility index (Phi) is 6.23. The van der Waals surface area contributed by atoms with E-state index in [9.17, 15) is 9.59 Å². The number of aromatic nitrogens is 1. The van der Waals surface area contributed by atoms with E-state index in [0.717, 1.165) is 20.8 Å². The van der Waals surface area contributed by atoms with Gasteiger partial charge in [-0.05, 0) is 36.6 Å². The van der Waals surface area contributed by atoms with E-state index in [1.54, 1.807) is 22.3 Å². The van der Waals surface area contributed by atoms with Crippen molar-refractivity contribution >= 4 is 39.4 Å². The predicted octanol–water partition coefficient (Wildman–Crippen LogP) is 4.21. The molecule has 1 aliphatic rings. The van der Waals surface area contributed by atoms with E-state index in [1.807, 2.05) is 66.6 Å². The molecule has 2 heterocycles. The third-order valence-corrected chi connectivity index (χ3v) is 6.48. The molecule has 0 atom stereocenters. The van der Waals surface area contributed by atoms with Crippen LogP contribution in [0.25, 0.3) is 16.3 Å². The van der Waals surface area contributed by atoms with E-state index < -0.39 is 0 Å². The Hall–Kier alpha value is -2.99. The molecular weight excluding hydrogens is 394 g/mol. The highest BCUT2D eigenvalue weighted by atomic mass is 32.1. The summed E-state index contributed by atoms with van der Waals surface area (Å²) >= 11 is 1.63. The van der Waals surface area contributed by atoms with Crippen molar-refractivity contribution in [2.24, 2.45) is 5.92 Å². The van der Waals surface area contributed by atoms with Gasteiger partial charge in [0.05, 0.1) is 16.8 Å². The number of benzene rings is 2. The summed E-state index contributed by atoms with van der Waals surface area (Å²) in [5, 5.41) is 0.950. The normalized spacial score (nSPS) is 15.0. The quantitative estimate of drug-likeness (QED) is 0.582. The van der Waals surface area contributed by atoms with Crippen LogP contribution in [0.5, 0.6) is 0 Å². The molecule has 3 aromatic rings. The second-order valence-electron chi connectivity index (χ2n) is 7.61. The number of rotatable bonds is 5. The van der Waals surface area contributed by atoms with Gasteiger partial charge in [0.15, 0.2) is 0 Å². The molecule has 0 aliphatic carbocycles. The first-order chi connectivity index (χ1) is 14.6. The molecule has 0 radical (unpaired) electrons. The highest BCUT2D eigenvalue weighted by molar-refractivity contribution is 7.18. The molecule has 2 amide bonds. The summed E-state index contributed by atoms with van der Waals surface area (Å²) in [5.41, 5.74) is 1.99. The summed E-state index contributed by atoms with van der Waals surface area (Å²) in [6, 6.07) is 17.8. The number of amides is 2. The summed E-state index contributed by atoms with van der Waals surface area (Å²) in [6.07, 6.45) is 4.87. The smallest absolute Gasteiger partial charge is 0.246 e. The Morgan fingerprint density at radius 2 is 1.80 bits per heavy atom. The van der Waals surface area contributed by atoms with E-state index in [1.165, 1.54) is 0 Å². The van der Waals surface area contributed by atoms with Crippen LogP contribution in [0, 0.1) is 5.92 Å². The molecule has 4 rings (SSSR count). The van der Waals surface area contributed by atoms with Crippen LogP contribution in [0.4, 0.5) is 0 Å². The van der Waals surface area contributed by atoms with Crippen LogP contribution in [0.15, 0.2) is 60.7 Å². The third kappa shape index (κ3) is 4.76. The largest absolute Gasteiger partial charge is 0.339 e. The molecule has 1 aliphatic heterocycles. The number of carbonyl (C=O) groups excluding carboxylic acids is 2. The Morgan fingerprint density at radius 3 is 2.53 bits per heavy atom. The van der Waals surface area contributed by atoms with E-state index in [0.29, 0.717) is 32.5 Å². The van der Waals surface area contributed by atoms with Gasteiger partial charge in [-0.2, -0.15) is 0 Å². The van der Waals surface area contributed by atoms with Crippen LogP contribution in [-0.2, 0) is 16.1 Å². The average molecular weight is 420 g/mol. The van der Waals surface area contributed by atoms with Gasteiger partial charge in [0.2, 0.25) is 11.8 Å². The number of para-hydroxylation sites is 1. The van der Waals surface area contributed by atoms with Gasteiger partial charge in [-0.1, -0.05) is 42.5 Å². The van der Waals surface area contributed by atoms with Gasteiger partial charge < -0.3 is 9.80 Å². The second-order valence-corrected chi connectivity index (χ2v) is 8.73. The number of likely N-dealkylation sites (tertiary alicyclic amines) is 1. The summed E-state index contributed by atoms with van der Waals surface area (Å²) < 4.78 is 1.14. The molecule has 1 saturated heterocycles. The Labute approximate surface area is 180 Å². The molecule has 154 valence electrons. The van der Waals surface area contributed by atoms with Crippen LogP contribution in [0.1, 0.15) is 23.4 Å². The Morgan fingerprint density at radius 1 is 1.10 bits per heavy atom. The third-order valence-electron chi connectivity index (χ3n) is 5.46. The lowest BCUT2D eigenvalue weighted by Gasteiger charge is -2.32. The number of hydrogen-bond acceptors (Lipinski definition) is 4. The summed E-state index contributed by atoms with van der Waals surface area (Å²) in [6.45, 7) is 1.75. The minimum absolute atomic E-state index is 0.00702. The molecule has 6 heteroatoms. The number of hydrogen-bond donors (Lipinski definition) is 0. The van der Waals surface area contributed by atoms with Gasteiger partial charge in [-0.15, -0.1) is 11.3 Å². The summed E-state index contributed by atoms with van der Waals surface area (Å²) in [4.78, 5) is 33.6. The topological polar surface area (TPSA) is 53.5 Å². The van der Waals surface area contributed by atoms with Gasteiger partial charge in [-0.3, -0.25) is 9.59 Å². The van der Waals surface area contributed by atoms with Crippen molar-refractivity contribution in [2.75, 3.05) is 20.1 Å². The maximum absolute atomic E-state index is 12.9. The van der Waals surface area contributed by atoms with Crippen molar-refractivity contribution in [3.05, 3.63) is 71.2 Å². The zero-order valence-corrected chi connectivity index (χ0v) is 17.8. The van der Waals surface area contributed by atoms with Crippen LogP contribution >= 0.6 is 11.3 Å². The first-order valence-electron chi connectivity index (χ1n) is 10.2. The van der Waals surface area contributed by atoms with E-state index in [-0.39, 0.29) is 17.7 Å². The maximum atomic E-state index is 12.9. The predicted molar refractivity (Wildman–Crippen MR) is 121 cm³/mol. The fourth-order valence-electron chi connectivity index (χ4n) is 3.76. The zero-order valence-electron chi connectivity index (χ0n) is 17.0. The Balaban J connectivity index is 1.29. The monoisotopic (exact) mass is 419 g/mol. The zero-order chi connectivity index (χ0) is 20.9. The minimum atomic E-state index is -0.0356. The molecule has 2 aromatic carbocycles. The lowest BCUT2D eigenvalue weighted by Crippen LogP contribution is -2.42. The summed E-state index contributed by atoms with van der Waals surface area (Å²) in [7, 11) is 1.84. The van der Waals surface area contributed by atoms with E-state index >= 15 is 0 Å². The highest BCUT2D eigenvalue weighted by Gasteiger charge is 2.28. The maximum Gasteiger partial charge on any atom is 0.246 e. The first-order valence-corrected chi connectivity index (χ1v) is 11.0. The molecule has 1 aromatic heterocycles. The van der Waals surface area contributed by atoms with Crippen molar-refractivity contribution in [3.63, 3.8) is 0 Å². The molecule has 0 saturated carbocycles. The molecule has 30 heavy (non-hydrogen) atoms. The highest BCUT2D eigenvalue weighted by Crippen LogP contribution is 2.24. The van der Waals surface area contributed by atoms with Crippen LogP contribution in [0.2, 0.25) is 0 Å². The molecule has 5 nitrogen and oxygen atoms in total. The van der Waals surface area contributed by atoms with E-state index in [2.05, 4.69) is 11.1 Å². The van der Waals surface area contributed by atoms with E-state index in [4.69, 9.17) is 0 Å². The van der Waals surface area contributed by atoms with Crippen molar-refractivity contribution in [2.45, 2.75) is 19.4 Å². The molecule has 0 N–H and O–H groups in total. The fraction of sp³-hybridized carbons (Fsp3) is 0.292. The Bertz CT molecular complexity index is 1020. The molecule has 1 fully saturated rings.